The maximum Gasteiger partial charge on any atom is 0.161 e. The summed E-state index contributed by atoms with van der Waals surface area (Å²) in [5, 5.41) is 0. The van der Waals surface area contributed by atoms with E-state index < -0.39 is 0 Å². The van der Waals surface area contributed by atoms with E-state index in [0.717, 1.165) is 30.0 Å². The predicted molar refractivity (Wildman–Crippen MR) is 92.4 cm³/mol. The van der Waals surface area contributed by atoms with Crippen LogP contribution in [-0.2, 0) is 6.42 Å². The van der Waals surface area contributed by atoms with Crippen molar-refractivity contribution in [3.8, 4) is 0 Å². The third kappa shape index (κ3) is 2.76. The highest BCUT2D eigenvalue weighted by Gasteiger charge is 2.30. The van der Waals surface area contributed by atoms with Gasteiger partial charge >= 0.3 is 0 Å². The molecule has 0 saturated carbocycles. The van der Waals surface area contributed by atoms with E-state index in [1.807, 2.05) is 12.3 Å². The van der Waals surface area contributed by atoms with Crippen molar-refractivity contribution in [2.45, 2.75) is 38.8 Å². The Balaban J connectivity index is 1.72. The summed E-state index contributed by atoms with van der Waals surface area (Å²) in [4.78, 5) is 14.6. The number of hydrogen-bond acceptors (Lipinski definition) is 4. The molecule has 4 rings (SSSR count). The van der Waals surface area contributed by atoms with E-state index >= 15 is 0 Å². The zero-order valence-corrected chi connectivity index (χ0v) is 14.3. The van der Waals surface area contributed by atoms with E-state index in [-0.39, 0.29) is 0 Å². The van der Waals surface area contributed by atoms with Crippen molar-refractivity contribution in [2.24, 2.45) is 5.92 Å². The van der Waals surface area contributed by atoms with Crippen molar-refractivity contribution in [3.05, 3.63) is 24.2 Å². The molecule has 2 aromatic heterocycles. The number of pyridine rings is 1. The average molecular weight is 313 g/mol. The Kier molecular flexibility index (Phi) is 4.07. The van der Waals surface area contributed by atoms with Crippen LogP contribution in [0.4, 0.5) is 0 Å². The van der Waals surface area contributed by atoms with Crippen LogP contribution in [0.1, 0.15) is 38.2 Å². The number of rotatable bonds is 4. The van der Waals surface area contributed by atoms with Crippen LogP contribution in [-0.4, -0.2) is 57.6 Å². The minimum absolute atomic E-state index is 0.439. The van der Waals surface area contributed by atoms with Crippen molar-refractivity contribution in [2.75, 3.05) is 33.2 Å². The van der Waals surface area contributed by atoms with Crippen LogP contribution in [0.15, 0.2) is 18.3 Å². The largest absolute Gasteiger partial charge is 0.306 e. The monoisotopic (exact) mass is 313 g/mol. The standard InChI is InChI=1S/C18H27N5/c1-3-22-10-5-7-17(22)23-16(12-14-8-11-21(2)13-14)20-15-6-4-9-19-18(15)23/h4,6,9,14,17H,3,5,7-8,10-13H2,1-2H3. The molecular formula is C18H27N5. The highest BCUT2D eigenvalue weighted by molar-refractivity contribution is 5.71. The highest BCUT2D eigenvalue weighted by atomic mass is 15.3. The lowest BCUT2D eigenvalue weighted by Gasteiger charge is -2.26. The average Bonchev–Trinajstić information content (AvgIpc) is 3.25. The van der Waals surface area contributed by atoms with Gasteiger partial charge in [0.2, 0.25) is 0 Å². The van der Waals surface area contributed by atoms with E-state index in [4.69, 9.17) is 4.98 Å². The SMILES string of the molecule is CCN1CCCC1n1c(CC2CCN(C)C2)nc2cccnc21. The lowest BCUT2D eigenvalue weighted by Crippen LogP contribution is -2.29. The van der Waals surface area contributed by atoms with Gasteiger partial charge in [-0.25, -0.2) is 9.97 Å². The molecule has 0 N–H and O–H groups in total. The fraction of sp³-hybridized carbons (Fsp3) is 0.667. The first-order valence-electron chi connectivity index (χ1n) is 9.00. The maximum atomic E-state index is 4.97. The number of fused-ring (bicyclic) bond motifs is 1. The summed E-state index contributed by atoms with van der Waals surface area (Å²) in [5.74, 6) is 1.97. The number of likely N-dealkylation sites (tertiary alicyclic amines) is 2. The zero-order chi connectivity index (χ0) is 15.8. The molecule has 0 aromatic carbocycles. The molecule has 0 bridgehead atoms. The summed E-state index contributed by atoms with van der Waals surface area (Å²) < 4.78 is 2.45. The minimum atomic E-state index is 0.439. The minimum Gasteiger partial charge on any atom is -0.306 e. The molecule has 5 heteroatoms. The van der Waals surface area contributed by atoms with Gasteiger partial charge in [-0.3, -0.25) is 9.47 Å². The van der Waals surface area contributed by atoms with Gasteiger partial charge in [0.1, 0.15) is 11.3 Å². The summed E-state index contributed by atoms with van der Waals surface area (Å²) in [6.07, 6.45) is 7.20. The fourth-order valence-corrected chi connectivity index (χ4v) is 4.35. The van der Waals surface area contributed by atoms with Crippen LogP contribution in [0.2, 0.25) is 0 Å². The molecule has 2 unspecified atom stereocenters. The highest BCUT2D eigenvalue weighted by Crippen LogP contribution is 2.32. The first kappa shape index (κ1) is 15.1. The number of imidazole rings is 1. The second-order valence-electron chi connectivity index (χ2n) is 7.12. The Morgan fingerprint density at radius 1 is 1.26 bits per heavy atom. The number of hydrogen-bond donors (Lipinski definition) is 0. The first-order chi connectivity index (χ1) is 11.3. The first-order valence-corrected chi connectivity index (χ1v) is 9.00. The predicted octanol–water partition coefficient (Wildman–Crippen LogP) is 2.54. The third-order valence-electron chi connectivity index (χ3n) is 5.52. The summed E-state index contributed by atoms with van der Waals surface area (Å²) >= 11 is 0. The van der Waals surface area contributed by atoms with Crippen LogP contribution >= 0.6 is 0 Å². The zero-order valence-electron chi connectivity index (χ0n) is 14.3. The molecule has 5 nitrogen and oxygen atoms in total. The molecule has 124 valence electrons. The molecule has 0 aliphatic carbocycles. The fourth-order valence-electron chi connectivity index (χ4n) is 4.35. The van der Waals surface area contributed by atoms with Gasteiger partial charge in [0, 0.05) is 25.7 Å². The molecule has 2 fully saturated rings. The van der Waals surface area contributed by atoms with Crippen molar-refractivity contribution in [1.82, 2.24) is 24.3 Å². The molecule has 0 amide bonds. The quantitative estimate of drug-likeness (QED) is 0.869. The summed E-state index contributed by atoms with van der Waals surface area (Å²) in [7, 11) is 2.22. The summed E-state index contributed by atoms with van der Waals surface area (Å²) in [5.41, 5.74) is 2.12. The molecule has 2 aliphatic heterocycles. The molecule has 0 radical (unpaired) electrons. The van der Waals surface area contributed by atoms with Crippen LogP contribution in [0.3, 0.4) is 0 Å². The second kappa shape index (κ2) is 6.21. The summed E-state index contributed by atoms with van der Waals surface area (Å²) in [6, 6.07) is 4.10. The molecule has 2 saturated heterocycles. The number of aromatic nitrogens is 3. The summed E-state index contributed by atoms with van der Waals surface area (Å²) in [6.45, 7) is 6.96. The molecule has 0 spiro atoms. The molecular weight excluding hydrogens is 286 g/mol. The van der Waals surface area contributed by atoms with E-state index in [9.17, 15) is 0 Å². The van der Waals surface area contributed by atoms with Crippen molar-refractivity contribution >= 4 is 11.2 Å². The van der Waals surface area contributed by atoms with Crippen molar-refractivity contribution in [3.63, 3.8) is 0 Å². The van der Waals surface area contributed by atoms with Gasteiger partial charge in [0.05, 0.1) is 6.17 Å². The van der Waals surface area contributed by atoms with Crippen molar-refractivity contribution in [1.29, 1.82) is 0 Å². The smallest absolute Gasteiger partial charge is 0.161 e. The van der Waals surface area contributed by atoms with Crippen LogP contribution in [0.5, 0.6) is 0 Å². The Morgan fingerprint density at radius 3 is 2.96 bits per heavy atom. The Labute approximate surface area is 138 Å². The van der Waals surface area contributed by atoms with E-state index in [0.29, 0.717) is 6.17 Å². The molecule has 2 aromatic rings. The van der Waals surface area contributed by atoms with Crippen LogP contribution in [0, 0.1) is 5.92 Å². The second-order valence-corrected chi connectivity index (χ2v) is 7.12. The van der Waals surface area contributed by atoms with Crippen molar-refractivity contribution < 1.29 is 0 Å². The number of nitrogens with zero attached hydrogens (tertiary/aromatic N) is 5. The normalized spacial score (nSPS) is 26.5. The van der Waals surface area contributed by atoms with Gasteiger partial charge in [0.15, 0.2) is 5.65 Å². The van der Waals surface area contributed by atoms with Gasteiger partial charge < -0.3 is 4.90 Å². The lowest BCUT2D eigenvalue weighted by molar-refractivity contribution is 0.202. The van der Waals surface area contributed by atoms with Crippen LogP contribution in [0.25, 0.3) is 11.2 Å². The van der Waals surface area contributed by atoms with Gasteiger partial charge in [-0.2, -0.15) is 0 Å². The van der Waals surface area contributed by atoms with Crippen LogP contribution < -0.4 is 0 Å². The van der Waals surface area contributed by atoms with E-state index in [2.05, 4.69) is 39.4 Å². The molecule has 2 aliphatic rings. The molecule has 23 heavy (non-hydrogen) atoms. The Hall–Kier alpha value is -1.46. The maximum absolute atomic E-state index is 4.97. The van der Waals surface area contributed by atoms with Gasteiger partial charge in [-0.1, -0.05) is 6.92 Å². The molecule has 4 heterocycles. The topological polar surface area (TPSA) is 37.2 Å². The van der Waals surface area contributed by atoms with Gasteiger partial charge in [0.25, 0.3) is 0 Å². The third-order valence-corrected chi connectivity index (χ3v) is 5.52. The molecule has 2 atom stereocenters. The van der Waals surface area contributed by atoms with E-state index in [1.165, 1.54) is 44.7 Å². The van der Waals surface area contributed by atoms with Gasteiger partial charge in [-0.05, 0) is 57.5 Å². The van der Waals surface area contributed by atoms with Gasteiger partial charge in [-0.15, -0.1) is 0 Å². The lowest BCUT2D eigenvalue weighted by atomic mass is 10.0. The Bertz CT molecular complexity index is 679. The van der Waals surface area contributed by atoms with E-state index in [1.54, 1.807) is 0 Å². The Morgan fingerprint density at radius 2 is 2.17 bits per heavy atom.